The second-order valence-corrected chi connectivity index (χ2v) is 21.8. The first-order chi connectivity index (χ1) is 16.3. The van der Waals surface area contributed by atoms with Crippen molar-refractivity contribution in [2.45, 2.75) is 66.2 Å². The van der Waals surface area contributed by atoms with Gasteiger partial charge in [0.25, 0.3) is 0 Å². The van der Waals surface area contributed by atoms with E-state index in [0.29, 0.717) is 0 Å². The Balaban J connectivity index is 0.00000241. The minimum absolute atomic E-state index is 0. The van der Waals surface area contributed by atoms with Crippen molar-refractivity contribution in [3.05, 3.63) is 105 Å². The fourth-order valence-electron chi connectivity index (χ4n) is 6.24. The van der Waals surface area contributed by atoms with Crippen molar-refractivity contribution >= 4 is 36.9 Å². The van der Waals surface area contributed by atoms with Gasteiger partial charge in [-0.3, -0.25) is 0 Å². The van der Waals surface area contributed by atoms with Crippen molar-refractivity contribution in [3.63, 3.8) is 0 Å². The minimum atomic E-state index is -2.59. The molecule has 0 amide bonds. The van der Waals surface area contributed by atoms with Crippen LogP contribution < -0.4 is 58.0 Å². The third-order valence-corrected chi connectivity index (χ3v) is 18.0. The Morgan fingerprint density at radius 1 is 0.579 bits per heavy atom. The molecule has 3 aromatic rings. The SMILES string of the molecule is CC1=C(C)C(C)([Si](c2ccccc2)(c2cccc(C)c2)c2cc(C)cc([Si](C)(C)C)c2)[C]([Ti+3])=C1C.[Cl-].[Cl-].[Cl-]. The Morgan fingerprint density at radius 2 is 1.11 bits per heavy atom. The number of allylic oxidation sites excluding steroid dienone is 4. The Hall–Kier alpha value is -0.842. The summed E-state index contributed by atoms with van der Waals surface area (Å²) < 4.78 is 1.54. The molecule has 0 N–H and O–H groups in total. The Bertz CT molecular complexity index is 1330. The van der Waals surface area contributed by atoms with E-state index in [1.807, 2.05) is 0 Å². The predicted octanol–water partition coefficient (Wildman–Crippen LogP) is -2.74. The fraction of sp³-hybridized carbons (Fsp3) is 0.312. The van der Waals surface area contributed by atoms with Crippen LogP contribution in [-0.4, -0.2) is 16.1 Å². The van der Waals surface area contributed by atoms with Crippen LogP contribution in [0.1, 0.15) is 38.8 Å². The number of aryl methyl sites for hydroxylation is 2. The van der Waals surface area contributed by atoms with Crippen LogP contribution in [0.5, 0.6) is 0 Å². The predicted molar refractivity (Wildman–Crippen MR) is 156 cm³/mol. The van der Waals surface area contributed by atoms with Crippen molar-refractivity contribution in [3.8, 4) is 0 Å². The molecule has 0 aliphatic heterocycles. The third-order valence-electron chi connectivity index (χ3n) is 8.53. The maximum atomic E-state index is 2.62. The Kier molecular flexibility index (Phi) is 11.8. The van der Waals surface area contributed by atoms with Crippen molar-refractivity contribution in [1.82, 2.24) is 0 Å². The average Bonchev–Trinajstić information content (AvgIpc) is 2.95. The van der Waals surface area contributed by atoms with Gasteiger partial charge in [-0.25, -0.2) is 0 Å². The van der Waals surface area contributed by atoms with Gasteiger partial charge < -0.3 is 37.2 Å². The molecular weight excluding hydrogens is 595 g/mol. The van der Waals surface area contributed by atoms with E-state index in [0.717, 1.165) is 0 Å². The van der Waals surface area contributed by atoms with Crippen molar-refractivity contribution in [2.24, 2.45) is 0 Å². The van der Waals surface area contributed by atoms with Crippen LogP contribution in [0.3, 0.4) is 0 Å². The molecule has 2 unspecified atom stereocenters. The molecule has 0 saturated carbocycles. The van der Waals surface area contributed by atoms with Gasteiger partial charge in [0.05, 0.1) is 0 Å². The van der Waals surface area contributed by atoms with Crippen LogP contribution >= 0.6 is 0 Å². The molecule has 0 fully saturated rings. The van der Waals surface area contributed by atoms with E-state index in [4.69, 9.17) is 0 Å². The molecule has 0 bridgehead atoms. The van der Waals surface area contributed by atoms with E-state index in [2.05, 4.69) is 154 Å². The first-order valence-electron chi connectivity index (χ1n) is 12.7. The van der Waals surface area contributed by atoms with E-state index in [9.17, 15) is 0 Å². The molecule has 0 radical (unpaired) electrons. The average molecular weight is 634 g/mol. The van der Waals surface area contributed by atoms with Crippen LogP contribution in [0.2, 0.25) is 24.7 Å². The summed E-state index contributed by atoms with van der Waals surface area (Å²) >= 11 is 2.41. The molecule has 0 heterocycles. The number of rotatable bonds is 5. The summed E-state index contributed by atoms with van der Waals surface area (Å²) in [5.74, 6) is 0. The summed E-state index contributed by atoms with van der Waals surface area (Å²) in [6.07, 6.45) is 0. The van der Waals surface area contributed by atoms with Gasteiger partial charge in [0.2, 0.25) is 0 Å². The first-order valence-corrected chi connectivity index (χ1v) is 19.0. The Morgan fingerprint density at radius 3 is 1.61 bits per heavy atom. The maximum absolute atomic E-state index is 2.62. The second kappa shape index (κ2) is 12.8. The molecule has 6 heteroatoms. The van der Waals surface area contributed by atoms with Crippen LogP contribution in [-0.2, 0) is 20.4 Å². The van der Waals surface area contributed by atoms with Crippen molar-refractivity contribution in [2.75, 3.05) is 0 Å². The summed E-state index contributed by atoms with van der Waals surface area (Å²) in [6, 6.07) is 28.5. The number of hydrogen-bond donors (Lipinski definition) is 0. The molecule has 2 atom stereocenters. The molecule has 0 aromatic heterocycles. The van der Waals surface area contributed by atoms with E-state index in [1.54, 1.807) is 19.8 Å². The first kappa shape index (κ1) is 35.2. The summed E-state index contributed by atoms with van der Waals surface area (Å²) in [5, 5.41) is 6.07. The molecule has 1 aliphatic rings. The second-order valence-electron chi connectivity index (χ2n) is 11.7. The normalized spacial score (nSPS) is 18.8. The molecule has 0 spiro atoms. The maximum Gasteiger partial charge on any atom is -1.00 e. The van der Waals surface area contributed by atoms with E-state index in [1.165, 1.54) is 32.6 Å². The van der Waals surface area contributed by atoms with E-state index >= 15 is 0 Å². The zero-order valence-electron chi connectivity index (χ0n) is 24.1. The largest absolute Gasteiger partial charge is 1.00 e. The van der Waals surface area contributed by atoms with Gasteiger partial charge in [-0.2, -0.15) is 0 Å². The standard InChI is InChI=1S/C32H39Si2.3ClH.Ti/c1-23-14-13-17-29(18-23)34(28-15-11-10-12-16-28,32(6)22-25(3)26(4)27(32)5)31-20-24(2)19-30(21-31)33(7,8)9;;;;/h10-21H,1-9H3;3*1H;/q;;;;+3/p-3. The van der Waals surface area contributed by atoms with Gasteiger partial charge in [0.1, 0.15) is 0 Å². The van der Waals surface area contributed by atoms with E-state index < -0.39 is 16.1 Å². The molecule has 38 heavy (non-hydrogen) atoms. The van der Waals surface area contributed by atoms with E-state index in [-0.39, 0.29) is 42.3 Å². The summed E-state index contributed by atoms with van der Waals surface area (Å²) in [5.41, 5.74) is 7.22. The summed E-state index contributed by atoms with van der Waals surface area (Å²) in [4.78, 5) is 0. The molecule has 4 rings (SSSR count). The topological polar surface area (TPSA) is 0 Å². The van der Waals surface area contributed by atoms with Crippen LogP contribution in [0.4, 0.5) is 0 Å². The van der Waals surface area contributed by atoms with Crippen molar-refractivity contribution in [1.29, 1.82) is 0 Å². The van der Waals surface area contributed by atoms with Crippen molar-refractivity contribution < 1.29 is 57.7 Å². The Labute approximate surface area is 263 Å². The van der Waals surface area contributed by atoms with Gasteiger partial charge in [-0.1, -0.05) is 0 Å². The molecule has 3 aromatic carbocycles. The summed E-state index contributed by atoms with van der Waals surface area (Å²) in [6.45, 7) is 21.6. The number of halogens is 3. The van der Waals surface area contributed by atoms with Gasteiger partial charge in [-0.05, 0) is 0 Å². The van der Waals surface area contributed by atoms with Crippen LogP contribution in [0.25, 0.3) is 0 Å². The molecule has 0 saturated heterocycles. The molecule has 200 valence electrons. The van der Waals surface area contributed by atoms with Gasteiger partial charge in [0.15, 0.2) is 0 Å². The summed E-state index contributed by atoms with van der Waals surface area (Å²) in [7, 11) is -4.11. The number of benzene rings is 3. The molecule has 1 aliphatic carbocycles. The third kappa shape index (κ3) is 5.53. The monoisotopic (exact) mass is 632 g/mol. The van der Waals surface area contributed by atoms with Crippen LogP contribution in [0, 0.1) is 13.8 Å². The molecule has 0 nitrogen and oxygen atoms in total. The van der Waals surface area contributed by atoms with Crippen LogP contribution in [0.15, 0.2) is 93.4 Å². The fourth-order valence-corrected chi connectivity index (χ4v) is 15.4. The molecular formula is C32H39Cl3Si2Ti. The zero-order valence-corrected chi connectivity index (χ0v) is 29.9. The minimum Gasteiger partial charge on any atom is -1.00 e. The zero-order chi connectivity index (χ0) is 25.8. The number of hydrogen-bond acceptors (Lipinski definition) is 0. The van der Waals surface area contributed by atoms with Gasteiger partial charge in [-0.15, -0.1) is 0 Å². The smallest absolute Gasteiger partial charge is 1.00 e. The van der Waals surface area contributed by atoms with Gasteiger partial charge >= 0.3 is 228 Å². The van der Waals surface area contributed by atoms with Gasteiger partial charge in [0, 0.05) is 0 Å². The quantitative estimate of drug-likeness (QED) is 0.212.